The van der Waals surface area contributed by atoms with Crippen molar-refractivity contribution >= 4 is 24.2 Å². The summed E-state index contributed by atoms with van der Waals surface area (Å²) in [5.41, 5.74) is 6.56. The van der Waals surface area contributed by atoms with Crippen LogP contribution in [0.25, 0.3) is 0 Å². The molecule has 38 heavy (non-hydrogen) atoms. The normalized spacial score (nSPS) is 13.0. The van der Waals surface area contributed by atoms with E-state index in [4.69, 9.17) is 34.2 Å². The summed E-state index contributed by atoms with van der Waals surface area (Å²) in [7, 11) is 0. The fourth-order valence-corrected chi connectivity index (χ4v) is 3.04. The fraction of sp³-hybridized carbons (Fsp3) is 0.630. The fourth-order valence-electron chi connectivity index (χ4n) is 3.04. The summed E-state index contributed by atoms with van der Waals surface area (Å²) in [5, 5.41) is 0. The number of ether oxygens (including phenoxy) is 6. The summed E-state index contributed by atoms with van der Waals surface area (Å²) in [6, 6.07) is 3.30. The molecule has 0 radical (unpaired) electrons. The van der Waals surface area contributed by atoms with Gasteiger partial charge in [0.1, 0.15) is 18.2 Å². The third-order valence-corrected chi connectivity index (χ3v) is 5.27. The number of esters is 2. The second-order valence-electron chi connectivity index (χ2n) is 8.79. The van der Waals surface area contributed by atoms with E-state index in [1.807, 2.05) is 20.8 Å². The molecular weight excluding hydrogens is 498 g/mol. The summed E-state index contributed by atoms with van der Waals surface area (Å²) in [6.07, 6.45) is 0.918. The first kappa shape index (κ1) is 32.7. The van der Waals surface area contributed by atoms with E-state index in [0.717, 1.165) is 19.3 Å². The van der Waals surface area contributed by atoms with E-state index in [2.05, 4.69) is 0 Å². The van der Waals surface area contributed by atoms with Gasteiger partial charge in [-0.25, -0.2) is 9.59 Å². The maximum Gasteiger partial charge on any atom is 0.513 e. The molecule has 0 spiro atoms. The van der Waals surface area contributed by atoms with Crippen molar-refractivity contribution in [2.24, 2.45) is 5.73 Å². The quantitative estimate of drug-likeness (QED) is 0.133. The Balaban J connectivity index is 2.83. The Morgan fingerprint density at radius 3 is 1.95 bits per heavy atom. The van der Waals surface area contributed by atoms with Gasteiger partial charge in [-0.15, -0.1) is 0 Å². The van der Waals surface area contributed by atoms with Crippen molar-refractivity contribution < 1.29 is 47.6 Å². The molecule has 11 nitrogen and oxygen atoms in total. The first-order valence-corrected chi connectivity index (χ1v) is 13.1. The third-order valence-electron chi connectivity index (χ3n) is 5.27. The van der Waals surface area contributed by atoms with Crippen molar-refractivity contribution in [1.82, 2.24) is 0 Å². The van der Waals surface area contributed by atoms with Gasteiger partial charge in [0.05, 0.1) is 13.2 Å². The molecule has 1 rings (SSSR count). The van der Waals surface area contributed by atoms with Gasteiger partial charge in [-0.3, -0.25) is 9.59 Å². The maximum atomic E-state index is 12.6. The monoisotopic (exact) mass is 539 g/mol. The van der Waals surface area contributed by atoms with Gasteiger partial charge >= 0.3 is 24.2 Å². The van der Waals surface area contributed by atoms with Gasteiger partial charge in [0, 0.05) is 6.42 Å². The van der Waals surface area contributed by atoms with E-state index in [1.165, 1.54) is 12.1 Å². The molecule has 0 unspecified atom stereocenters. The topological polar surface area (TPSA) is 150 Å². The van der Waals surface area contributed by atoms with Crippen molar-refractivity contribution in [1.29, 1.82) is 0 Å². The summed E-state index contributed by atoms with van der Waals surface area (Å²) in [5.74, 6) is -1.21. The lowest BCUT2D eigenvalue weighted by molar-refractivity contribution is -0.166. The number of rotatable bonds is 16. The van der Waals surface area contributed by atoms with E-state index >= 15 is 0 Å². The third kappa shape index (κ3) is 12.8. The Bertz CT molecular complexity index is 904. The van der Waals surface area contributed by atoms with Crippen LogP contribution >= 0.6 is 0 Å². The van der Waals surface area contributed by atoms with Crippen molar-refractivity contribution in [3.05, 3.63) is 23.8 Å². The van der Waals surface area contributed by atoms with Crippen molar-refractivity contribution in [2.75, 3.05) is 13.2 Å². The lowest BCUT2D eigenvalue weighted by atomic mass is 10.1. The second-order valence-corrected chi connectivity index (χ2v) is 8.79. The highest BCUT2D eigenvalue weighted by Crippen LogP contribution is 2.30. The molecule has 0 aromatic heterocycles. The molecule has 0 fully saturated rings. The van der Waals surface area contributed by atoms with E-state index in [0.29, 0.717) is 24.8 Å². The molecule has 0 heterocycles. The van der Waals surface area contributed by atoms with Crippen LogP contribution < -0.4 is 15.2 Å². The number of carbonyl (C=O) groups is 4. The Labute approximate surface area is 224 Å². The Morgan fingerprint density at radius 2 is 1.37 bits per heavy atom. The van der Waals surface area contributed by atoms with Crippen molar-refractivity contribution in [3.63, 3.8) is 0 Å². The minimum Gasteiger partial charge on any atom is -0.459 e. The van der Waals surface area contributed by atoms with Gasteiger partial charge in [0.25, 0.3) is 0 Å². The largest absolute Gasteiger partial charge is 0.513 e. The van der Waals surface area contributed by atoms with E-state index < -0.39 is 36.5 Å². The smallest absolute Gasteiger partial charge is 0.459 e. The van der Waals surface area contributed by atoms with Gasteiger partial charge < -0.3 is 34.2 Å². The molecule has 1 aromatic rings. The lowest BCUT2D eigenvalue weighted by Gasteiger charge is -2.22. The first-order valence-electron chi connectivity index (χ1n) is 13.1. The van der Waals surface area contributed by atoms with Crippen LogP contribution in [0.3, 0.4) is 0 Å². The summed E-state index contributed by atoms with van der Waals surface area (Å²) in [6.45, 7) is 9.27. The molecule has 1 aromatic carbocycles. The van der Waals surface area contributed by atoms with Crippen LogP contribution in [-0.2, 0) is 35.0 Å². The maximum absolute atomic E-state index is 12.6. The highest BCUT2D eigenvalue weighted by atomic mass is 16.7. The van der Waals surface area contributed by atoms with Gasteiger partial charge in [-0.05, 0) is 57.2 Å². The van der Waals surface area contributed by atoms with Crippen molar-refractivity contribution in [3.8, 4) is 11.5 Å². The van der Waals surface area contributed by atoms with Crippen LogP contribution in [0.1, 0.15) is 78.7 Å². The molecule has 214 valence electrons. The lowest BCUT2D eigenvalue weighted by Crippen LogP contribution is -2.39. The zero-order valence-corrected chi connectivity index (χ0v) is 23.0. The molecule has 0 aliphatic heterocycles. The number of benzene rings is 1. The van der Waals surface area contributed by atoms with Crippen LogP contribution in [0, 0.1) is 0 Å². The molecule has 0 saturated heterocycles. The summed E-state index contributed by atoms with van der Waals surface area (Å²) >= 11 is 0. The highest BCUT2D eigenvalue weighted by Gasteiger charge is 2.25. The molecule has 2 N–H and O–H groups in total. The van der Waals surface area contributed by atoms with Crippen LogP contribution in [-0.4, -0.2) is 55.7 Å². The van der Waals surface area contributed by atoms with E-state index in [1.54, 1.807) is 19.9 Å². The minimum atomic E-state index is -1.06. The Morgan fingerprint density at radius 1 is 0.789 bits per heavy atom. The predicted octanol–water partition coefficient (Wildman–Crippen LogP) is 4.85. The first-order chi connectivity index (χ1) is 18.1. The molecule has 0 bridgehead atoms. The number of carbonyl (C=O) groups excluding carboxylic acids is 4. The zero-order valence-electron chi connectivity index (χ0n) is 23.0. The standard InChI is InChI=1S/C27H41NO10/c1-6-9-10-11-24(29)35-18(4)19(5)36-25(30)21(28)16-20-12-13-22(37-26(31)33-14-7-2)23(17-20)38-27(32)34-15-8-3/h12-13,17-19,21H,6-11,14-16,28H2,1-5H3/t18-,19-,21-/m0/s1. The number of hydrogen-bond donors (Lipinski definition) is 1. The summed E-state index contributed by atoms with van der Waals surface area (Å²) < 4.78 is 30.9. The van der Waals surface area contributed by atoms with Crippen LogP contribution in [0.5, 0.6) is 11.5 Å². The van der Waals surface area contributed by atoms with Gasteiger partial charge in [-0.1, -0.05) is 39.7 Å². The molecule has 11 heteroatoms. The SMILES string of the molecule is CCCCCC(=O)O[C@@H](C)[C@H](C)OC(=O)[C@@H](N)Cc1ccc(OC(=O)OCCC)c(OC(=O)OCCC)c1. The second kappa shape index (κ2) is 18.0. The molecule has 0 aliphatic rings. The van der Waals surface area contributed by atoms with E-state index in [-0.39, 0.29) is 37.1 Å². The predicted molar refractivity (Wildman–Crippen MR) is 138 cm³/mol. The molecule has 3 atom stereocenters. The average molecular weight is 540 g/mol. The molecule has 0 aliphatic carbocycles. The van der Waals surface area contributed by atoms with Crippen LogP contribution in [0.2, 0.25) is 0 Å². The minimum absolute atomic E-state index is 0.0255. The molecule has 0 saturated carbocycles. The number of nitrogens with two attached hydrogens (primary N) is 1. The molecular formula is C27H41NO10. The Hall–Kier alpha value is -3.34. The Kier molecular flexibility index (Phi) is 15.5. The average Bonchev–Trinajstić information content (AvgIpc) is 2.87. The highest BCUT2D eigenvalue weighted by molar-refractivity contribution is 5.76. The number of unbranched alkanes of at least 4 members (excludes halogenated alkanes) is 2. The van der Waals surface area contributed by atoms with Crippen LogP contribution in [0.4, 0.5) is 9.59 Å². The van der Waals surface area contributed by atoms with Gasteiger partial charge in [-0.2, -0.15) is 0 Å². The summed E-state index contributed by atoms with van der Waals surface area (Å²) in [4.78, 5) is 48.4. The van der Waals surface area contributed by atoms with Gasteiger partial charge in [0.2, 0.25) is 0 Å². The molecule has 0 amide bonds. The van der Waals surface area contributed by atoms with Crippen molar-refractivity contribution in [2.45, 2.75) is 97.8 Å². The number of hydrogen-bond acceptors (Lipinski definition) is 11. The van der Waals surface area contributed by atoms with Gasteiger partial charge in [0.15, 0.2) is 11.5 Å². The zero-order chi connectivity index (χ0) is 28.5. The van der Waals surface area contributed by atoms with E-state index in [9.17, 15) is 19.2 Å². The van der Waals surface area contributed by atoms with Crippen LogP contribution in [0.15, 0.2) is 18.2 Å².